The highest BCUT2D eigenvalue weighted by molar-refractivity contribution is 4.68. The number of rotatable bonds is 6. The summed E-state index contributed by atoms with van der Waals surface area (Å²) in [6.45, 7) is 3.27. The zero-order valence-electron chi connectivity index (χ0n) is 8.97. The van der Waals surface area contributed by atoms with E-state index in [1.165, 1.54) is 45.2 Å². The summed E-state index contributed by atoms with van der Waals surface area (Å²) in [6.07, 6.45) is 8.44. The van der Waals surface area contributed by atoms with Crippen molar-refractivity contribution in [2.45, 2.75) is 38.5 Å². The van der Waals surface area contributed by atoms with E-state index in [1.807, 2.05) is 0 Å². The van der Waals surface area contributed by atoms with Gasteiger partial charge in [0.1, 0.15) is 0 Å². The zero-order valence-corrected chi connectivity index (χ0v) is 8.97. The van der Waals surface area contributed by atoms with Gasteiger partial charge in [0.05, 0.1) is 0 Å². The molecule has 0 atom stereocenters. The number of nitrogens with two attached hydrogens (primary N) is 1. The molecular formula is C11H24N2. The van der Waals surface area contributed by atoms with E-state index in [1.54, 1.807) is 0 Å². The summed E-state index contributed by atoms with van der Waals surface area (Å²) >= 11 is 0. The summed E-state index contributed by atoms with van der Waals surface area (Å²) in [4.78, 5) is 2.42. The molecule has 0 aromatic heterocycles. The second kappa shape index (κ2) is 6.39. The molecule has 0 unspecified atom stereocenters. The third-order valence-electron chi connectivity index (χ3n) is 3.14. The van der Waals surface area contributed by atoms with Crippen molar-refractivity contribution in [2.75, 3.05) is 26.7 Å². The fourth-order valence-corrected chi connectivity index (χ4v) is 2.18. The molecule has 13 heavy (non-hydrogen) atoms. The number of hydrogen-bond acceptors (Lipinski definition) is 2. The van der Waals surface area contributed by atoms with Gasteiger partial charge in [0.25, 0.3) is 0 Å². The van der Waals surface area contributed by atoms with Gasteiger partial charge >= 0.3 is 0 Å². The molecule has 0 amide bonds. The molecule has 0 aromatic rings. The van der Waals surface area contributed by atoms with Gasteiger partial charge < -0.3 is 10.6 Å². The average molecular weight is 184 g/mol. The van der Waals surface area contributed by atoms with Crippen LogP contribution in [-0.4, -0.2) is 31.6 Å². The molecule has 2 nitrogen and oxygen atoms in total. The Morgan fingerprint density at radius 3 is 2.54 bits per heavy atom. The average Bonchev–Trinajstić information content (AvgIpc) is 2.64. The summed E-state index contributed by atoms with van der Waals surface area (Å²) in [7, 11) is 2.21. The molecule has 0 spiro atoms. The molecule has 0 aliphatic heterocycles. The van der Waals surface area contributed by atoms with E-state index in [2.05, 4.69) is 11.9 Å². The van der Waals surface area contributed by atoms with Crippen molar-refractivity contribution in [1.82, 2.24) is 4.90 Å². The van der Waals surface area contributed by atoms with E-state index in [-0.39, 0.29) is 0 Å². The van der Waals surface area contributed by atoms with Gasteiger partial charge in [-0.3, -0.25) is 0 Å². The van der Waals surface area contributed by atoms with Gasteiger partial charge in [-0.05, 0) is 45.4 Å². The third kappa shape index (κ3) is 4.63. The molecule has 0 saturated heterocycles. The van der Waals surface area contributed by atoms with Crippen LogP contribution in [0.5, 0.6) is 0 Å². The molecule has 2 N–H and O–H groups in total. The predicted octanol–water partition coefficient (Wildman–Crippen LogP) is 1.85. The van der Waals surface area contributed by atoms with Gasteiger partial charge in [-0.1, -0.05) is 25.7 Å². The van der Waals surface area contributed by atoms with Crippen LogP contribution in [0, 0.1) is 5.92 Å². The minimum atomic E-state index is 0.827. The van der Waals surface area contributed by atoms with Crippen molar-refractivity contribution in [3.8, 4) is 0 Å². The minimum absolute atomic E-state index is 0.827. The molecule has 0 bridgehead atoms. The van der Waals surface area contributed by atoms with Gasteiger partial charge in [0.2, 0.25) is 0 Å². The van der Waals surface area contributed by atoms with E-state index in [0.717, 1.165) is 18.9 Å². The molecule has 0 radical (unpaired) electrons. The Morgan fingerprint density at radius 2 is 1.92 bits per heavy atom. The maximum atomic E-state index is 5.47. The Bertz CT molecular complexity index is 119. The first kappa shape index (κ1) is 11.0. The third-order valence-corrected chi connectivity index (χ3v) is 3.14. The first-order valence-corrected chi connectivity index (χ1v) is 5.71. The summed E-state index contributed by atoms with van der Waals surface area (Å²) < 4.78 is 0. The SMILES string of the molecule is CN(CCCN)CCC1CCCC1. The zero-order chi connectivity index (χ0) is 9.52. The quantitative estimate of drug-likeness (QED) is 0.682. The monoisotopic (exact) mass is 184 g/mol. The van der Waals surface area contributed by atoms with Crippen molar-refractivity contribution in [2.24, 2.45) is 11.7 Å². The van der Waals surface area contributed by atoms with Crippen LogP contribution in [0.15, 0.2) is 0 Å². The standard InChI is InChI=1S/C11H24N2/c1-13(9-4-8-12)10-7-11-5-2-3-6-11/h11H,2-10,12H2,1H3. The lowest BCUT2D eigenvalue weighted by Gasteiger charge is -2.18. The van der Waals surface area contributed by atoms with E-state index >= 15 is 0 Å². The van der Waals surface area contributed by atoms with Crippen LogP contribution in [0.25, 0.3) is 0 Å². The Labute approximate surface area is 82.5 Å². The molecule has 1 aliphatic carbocycles. The van der Waals surface area contributed by atoms with Gasteiger partial charge in [-0.15, -0.1) is 0 Å². The molecule has 0 aromatic carbocycles. The van der Waals surface area contributed by atoms with Crippen molar-refractivity contribution in [3.05, 3.63) is 0 Å². The largest absolute Gasteiger partial charge is 0.330 e. The second-order valence-corrected chi connectivity index (χ2v) is 4.38. The van der Waals surface area contributed by atoms with Crippen LogP contribution in [0.2, 0.25) is 0 Å². The molecule has 1 rings (SSSR count). The van der Waals surface area contributed by atoms with Crippen LogP contribution < -0.4 is 5.73 Å². The lowest BCUT2D eigenvalue weighted by Crippen LogP contribution is -2.24. The van der Waals surface area contributed by atoms with E-state index in [0.29, 0.717) is 0 Å². The second-order valence-electron chi connectivity index (χ2n) is 4.38. The molecule has 2 heteroatoms. The highest BCUT2D eigenvalue weighted by Crippen LogP contribution is 2.27. The van der Waals surface area contributed by atoms with Gasteiger partial charge in [-0.25, -0.2) is 0 Å². The van der Waals surface area contributed by atoms with Crippen LogP contribution >= 0.6 is 0 Å². The topological polar surface area (TPSA) is 29.3 Å². The Balaban J connectivity index is 1.97. The normalized spacial score (nSPS) is 18.7. The predicted molar refractivity (Wildman–Crippen MR) is 57.7 cm³/mol. The molecule has 78 valence electrons. The Kier molecular flexibility index (Phi) is 5.40. The van der Waals surface area contributed by atoms with Gasteiger partial charge in [0.15, 0.2) is 0 Å². The van der Waals surface area contributed by atoms with Crippen LogP contribution in [-0.2, 0) is 0 Å². The molecule has 1 saturated carbocycles. The summed E-state index contributed by atoms with van der Waals surface area (Å²) in [5.74, 6) is 1.03. The summed E-state index contributed by atoms with van der Waals surface area (Å²) in [5, 5.41) is 0. The first-order chi connectivity index (χ1) is 6.33. The maximum Gasteiger partial charge on any atom is -0.000977 e. The van der Waals surface area contributed by atoms with Crippen LogP contribution in [0.3, 0.4) is 0 Å². The summed E-state index contributed by atoms with van der Waals surface area (Å²) in [6, 6.07) is 0. The lowest BCUT2D eigenvalue weighted by atomic mass is 10.0. The van der Waals surface area contributed by atoms with Crippen LogP contribution in [0.4, 0.5) is 0 Å². The number of nitrogens with zero attached hydrogens (tertiary/aromatic N) is 1. The Hall–Kier alpha value is -0.0800. The van der Waals surface area contributed by atoms with Crippen molar-refractivity contribution in [1.29, 1.82) is 0 Å². The maximum absolute atomic E-state index is 5.47. The lowest BCUT2D eigenvalue weighted by molar-refractivity contribution is 0.299. The van der Waals surface area contributed by atoms with E-state index in [4.69, 9.17) is 5.73 Å². The smallest absolute Gasteiger partial charge is 0.000977 e. The highest BCUT2D eigenvalue weighted by atomic mass is 15.1. The van der Waals surface area contributed by atoms with E-state index in [9.17, 15) is 0 Å². The van der Waals surface area contributed by atoms with Gasteiger partial charge in [-0.2, -0.15) is 0 Å². The fraction of sp³-hybridized carbons (Fsp3) is 1.00. The Morgan fingerprint density at radius 1 is 1.23 bits per heavy atom. The van der Waals surface area contributed by atoms with E-state index < -0.39 is 0 Å². The fourth-order valence-electron chi connectivity index (χ4n) is 2.18. The first-order valence-electron chi connectivity index (χ1n) is 5.71. The molecule has 1 aliphatic rings. The van der Waals surface area contributed by atoms with Crippen molar-refractivity contribution < 1.29 is 0 Å². The summed E-state index contributed by atoms with van der Waals surface area (Å²) in [5.41, 5.74) is 5.47. The van der Waals surface area contributed by atoms with Gasteiger partial charge in [0, 0.05) is 0 Å². The minimum Gasteiger partial charge on any atom is -0.330 e. The molecule has 0 heterocycles. The van der Waals surface area contributed by atoms with Crippen molar-refractivity contribution in [3.63, 3.8) is 0 Å². The van der Waals surface area contributed by atoms with Crippen LogP contribution in [0.1, 0.15) is 38.5 Å². The van der Waals surface area contributed by atoms with Crippen molar-refractivity contribution >= 4 is 0 Å². The molecule has 1 fully saturated rings. The number of hydrogen-bond donors (Lipinski definition) is 1. The molecular weight excluding hydrogens is 160 g/mol. The highest BCUT2D eigenvalue weighted by Gasteiger charge is 2.14.